The summed E-state index contributed by atoms with van der Waals surface area (Å²) >= 11 is 0. The van der Waals surface area contributed by atoms with Crippen LogP contribution in [0.2, 0.25) is 0 Å². The van der Waals surface area contributed by atoms with Crippen molar-refractivity contribution in [2.45, 2.75) is 19.6 Å². The van der Waals surface area contributed by atoms with Crippen molar-refractivity contribution in [2.24, 2.45) is 0 Å². The van der Waals surface area contributed by atoms with Crippen LogP contribution >= 0.6 is 0 Å². The van der Waals surface area contributed by atoms with Crippen molar-refractivity contribution in [3.8, 4) is 0 Å². The molecular weight excluding hydrogens is 224 g/mol. The quantitative estimate of drug-likeness (QED) is 0.892. The molecule has 0 spiro atoms. The Morgan fingerprint density at radius 1 is 1.06 bits per heavy atom. The summed E-state index contributed by atoms with van der Waals surface area (Å²) in [7, 11) is 1.68. The topological polar surface area (TPSA) is 29.5 Å². The van der Waals surface area contributed by atoms with Crippen LogP contribution in [0.25, 0.3) is 0 Å². The Balaban J connectivity index is 2.20. The van der Waals surface area contributed by atoms with Crippen LogP contribution in [-0.2, 0) is 11.3 Å². The van der Waals surface area contributed by atoms with Crippen LogP contribution in [-0.4, -0.2) is 12.2 Å². The van der Waals surface area contributed by atoms with Crippen molar-refractivity contribution in [1.82, 2.24) is 0 Å². The van der Waals surface area contributed by atoms with Gasteiger partial charge in [0.05, 0.1) is 6.61 Å². The molecule has 0 aliphatic carbocycles. The second-order valence-corrected chi connectivity index (χ2v) is 4.49. The first-order valence-electron chi connectivity index (χ1n) is 6.03. The van der Waals surface area contributed by atoms with Gasteiger partial charge in [-0.3, -0.25) is 0 Å². The van der Waals surface area contributed by atoms with E-state index in [2.05, 4.69) is 0 Å². The number of aliphatic hydroxyl groups is 1. The first kappa shape index (κ1) is 12.8. The van der Waals surface area contributed by atoms with Gasteiger partial charge >= 0.3 is 0 Å². The van der Waals surface area contributed by atoms with E-state index in [0.717, 1.165) is 22.3 Å². The van der Waals surface area contributed by atoms with Gasteiger partial charge in [0.2, 0.25) is 0 Å². The van der Waals surface area contributed by atoms with E-state index in [1.807, 2.05) is 55.5 Å². The first-order chi connectivity index (χ1) is 8.70. The fourth-order valence-corrected chi connectivity index (χ4v) is 2.00. The van der Waals surface area contributed by atoms with Gasteiger partial charge in [-0.15, -0.1) is 0 Å². The molecule has 2 nitrogen and oxygen atoms in total. The fourth-order valence-electron chi connectivity index (χ4n) is 2.00. The molecule has 0 heterocycles. The Morgan fingerprint density at radius 2 is 1.78 bits per heavy atom. The van der Waals surface area contributed by atoms with Crippen LogP contribution in [0.4, 0.5) is 0 Å². The van der Waals surface area contributed by atoms with Gasteiger partial charge in [-0.05, 0) is 23.6 Å². The van der Waals surface area contributed by atoms with Crippen molar-refractivity contribution >= 4 is 0 Å². The monoisotopic (exact) mass is 242 g/mol. The normalized spacial score (nSPS) is 12.4. The van der Waals surface area contributed by atoms with E-state index >= 15 is 0 Å². The molecule has 1 unspecified atom stereocenters. The average Bonchev–Trinajstić information content (AvgIpc) is 2.39. The van der Waals surface area contributed by atoms with E-state index in [9.17, 15) is 5.11 Å². The highest BCUT2D eigenvalue weighted by Gasteiger charge is 2.10. The molecule has 0 saturated carbocycles. The Kier molecular flexibility index (Phi) is 4.13. The lowest BCUT2D eigenvalue weighted by Gasteiger charge is -2.12. The molecule has 0 radical (unpaired) electrons. The summed E-state index contributed by atoms with van der Waals surface area (Å²) in [5, 5.41) is 10.3. The number of hydrogen-bond acceptors (Lipinski definition) is 2. The van der Waals surface area contributed by atoms with Crippen LogP contribution < -0.4 is 0 Å². The zero-order chi connectivity index (χ0) is 13.0. The predicted molar refractivity (Wildman–Crippen MR) is 72.4 cm³/mol. The summed E-state index contributed by atoms with van der Waals surface area (Å²) in [6.45, 7) is 2.62. The smallest absolute Gasteiger partial charge is 0.104 e. The van der Waals surface area contributed by atoms with E-state index in [1.165, 1.54) is 0 Å². The van der Waals surface area contributed by atoms with Crippen molar-refractivity contribution in [3.63, 3.8) is 0 Å². The third kappa shape index (κ3) is 2.97. The molecule has 1 atom stereocenters. The van der Waals surface area contributed by atoms with Gasteiger partial charge in [0.15, 0.2) is 0 Å². The van der Waals surface area contributed by atoms with Gasteiger partial charge in [0.25, 0.3) is 0 Å². The van der Waals surface area contributed by atoms with Crippen LogP contribution in [0, 0.1) is 6.92 Å². The Bertz CT molecular complexity index is 503. The summed E-state index contributed by atoms with van der Waals surface area (Å²) in [5.74, 6) is 0. The van der Waals surface area contributed by atoms with Crippen LogP contribution in [0.5, 0.6) is 0 Å². The SMILES string of the molecule is COCc1ccc(C(O)c2cccc(C)c2)cc1. The molecule has 1 N–H and O–H groups in total. The second kappa shape index (κ2) is 5.80. The van der Waals surface area contributed by atoms with Gasteiger partial charge in [-0.2, -0.15) is 0 Å². The lowest BCUT2D eigenvalue weighted by Crippen LogP contribution is -2.00. The number of rotatable bonds is 4. The molecule has 0 aromatic heterocycles. The van der Waals surface area contributed by atoms with E-state index in [-0.39, 0.29) is 0 Å². The molecule has 0 saturated heterocycles. The molecule has 0 amide bonds. The summed E-state index contributed by atoms with van der Waals surface area (Å²) in [6.07, 6.45) is -0.568. The fraction of sp³-hybridized carbons (Fsp3) is 0.250. The summed E-state index contributed by atoms with van der Waals surface area (Å²) in [5.41, 5.74) is 4.09. The standard InChI is InChI=1S/C16H18O2/c1-12-4-3-5-15(10-12)16(17)14-8-6-13(7-9-14)11-18-2/h3-10,16-17H,11H2,1-2H3. The highest BCUT2D eigenvalue weighted by Crippen LogP contribution is 2.22. The third-order valence-electron chi connectivity index (χ3n) is 2.96. The van der Waals surface area contributed by atoms with Crippen molar-refractivity contribution in [3.05, 3.63) is 70.8 Å². The van der Waals surface area contributed by atoms with Crippen LogP contribution in [0.3, 0.4) is 0 Å². The highest BCUT2D eigenvalue weighted by atomic mass is 16.5. The molecule has 0 aliphatic heterocycles. The van der Waals surface area contributed by atoms with Gasteiger partial charge in [0, 0.05) is 7.11 Å². The molecule has 2 aromatic carbocycles. The van der Waals surface area contributed by atoms with Gasteiger partial charge in [-0.1, -0.05) is 54.1 Å². The molecule has 18 heavy (non-hydrogen) atoms. The highest BCUT2D eigenvalue weighted by molar-refractivity contribution is 5.33. The van der Waals surface area contributed by atoms with Gasteiger partial charge in [0.1, 0.15) is 6.10 Å². The van der Waals surface area contributed by atoms with E-state index in [0.29, 0.717) is 6.61 Å². The number of benzene rings is 2. The molecule has 2 rings (SSSR count). The number of hydrogen-bond donors (Lipinski definition) is 1. The molecule has 0 bridgehead atoms. The minimum Gasteiger partial charge on any atom is -0.384 e. The molecule has 94 valence electrons. The maximum Gasteiger partial charge on any atom is 0.104 e. The number of aliphatic hydroxyl groups excluding tert-OH is 1. The predicted octanol–water partition coefficient (Wildman–Crippen LogP) is 3.22. The lowest BCUT2D eigenvalue weighted by molar-refractivity contribution is 0.184. The summed E-state index contributed by atoms with van der Waals surface area (Å²) in [4.78, 5) is 0. The molecule has 2 heteroatoms. The molecule has 2 aromatic rings. The van der Waals surface area contributed by atoms with E-state index in [1.54, 1.807) is 7.11 Å². The van der Waals surface area contributed by atoms with Crippen molar-refractivity contribution in [2.75, 3.05) is 7.11 Å². The molecule has 0 fully saturated rings. The van der Waals surface area contributed by atoms with Crippen LogP contribution in [0.15, 0.2) is 48.5 Å². The van der Waals surface area contributed by atoms with Gasteiger partial charge in [-0.25, -0.2) is 0 Å². The minimum atomic E-state index is -0.568. The number of aryl methyl sites for hydroxylation is 1. The largest absolute Gasteiger partial charge is 0.384 e. The zero-order valence-electron chi connectivity index (χ0n) is 10.8. The van der Waals surface area contributed by atoms with E-state index in [4.69, 9.17) is 4.74 Å². The first-order valence-corrected chi connectivity index (χ1v) is 6.03. The Morgan fingerprint density at radius 3 is 2.39 bits per heavy atom. The van der Waals surface area contributed by atoms with Crippen molar-refractivity contribution in [1.29, 1.82) is 0 Å². The third-order valence-corrected chi connectivity index (χ3v) is 2.96. The number of ether oxygens (including phenoxy) is 1. The second-order valence-electron chi connectivity index (χ2n) is 4.49. The van der Waals surface area contributed by atoms with Gasteiger partial charge < -0.3 is 9.84 Å². The van der Waals surface area contributed by atoms with Crippen molar-refractivity contribution < 1.29 is 9.84 Å². The minimum absolute atomic E-state index is 0.568. The Labute approximate surface area is 108 Å². The average molecular weight is 242 g/mol. The maximum atomic E-state index is 10.3. The number of methoxy groups -OCH3 is 1. The molecular formula is C16H18O2. The zero-order valence-corrected chi connectivity index (χ0v) is 10.8. The summed E-state index contributed by atoms with van der Waals surface area (Å²) < 4.78 is 5.07. The van der Waals surface area contributed by atoms with Crippen LogP contribution in [0.1, 0.15) is 28.4 Å². The molecule has 0 aliphatic rings. The lowest BCUT2D eigenvalue weighted by atomic mass is 9.99. The Hall–Kier alpha value is -1.64. The summed E-state index contributed by atoms with van der Waals surface area (Å²) in [6, 6.07) is 15.8. The van der Waals surface area contributed by atoms with E-state index < -0.39 is 6.10 Å². The maximum absolute atomic E-state index is 10.3.